The number of benzene rings is 2. The zero-order chi connectivity index (χ0) is 20.4. The van der Waals surface area contributed by atoms with E-state index in [1.54, 1.807) is 12.1 Å². The Hall–Kier alpha value is -3.40. The fraction of sp³-hybridized carbons (Fsp3) is 0.158. The molecule has 0 aliphatic heterocycles. The van der Waals surface area contributed by atoms with Gasteiger partial charge in [-0.1, -0.05) is 17.3 Å². The summed E-state index contributed by atoms with van der Waals surface area (Å²) in [4.78, 5) is 17.7. The molecule has 7 nitrogen and oxygen atoms in total. The van der Waals surface area contributed by atoms with Crippen LogP contribution < -0.4 is 10.1 Å². The lowest BCUT2D eigenvalue weighted by atomic mass is 10.1. The predicted molar refractivity (Wildman–Crippen MR) is 105 cm³/mol. The Labute approximate surface area is 167 Å². The Balaban J connectivity index is 1.47. The summed E-state index contributed by atoms with van der Waals surface area (Å²) in [7, 11) is 0. The molecule has 1 N–H and O–H groups in total. The molecule has 1 amide bonds. The summed E-state index contributed by atoms with van der Waals surface area (Å²) in [6, 6.07) is 13.6. The molecular formula is C19H15F2N5O2S. The average Bonchev–Trinajstić information content (AvgIpc) is 3.25. The lowest BCUT2D eigenvalue weighted by molar-refractivity contribution is -0.116. The Morgan fingerprint density at radius 3 is 2.72 bits per heavy atom. The molecule has 0 aliphatic rings. The average molecular weight is 415 g/mol. The summed E-state index contributed by atoms with van der Waals surface area (Å²) in [5, 5.41) is 11.2. The van der Waals surface area contributed by atoms with Crippen LogP contribution in [-0.4, -0.2) is 32.5 Å². The minimum atomic E-state index is -2.87. The van der Waals surface area contributed by atoms with Gasteiger partial charge >= 0.3 is 6.61 Å². The van der Waals surface area contributed by atoms with Gasteiger partial charge in [-0.2, -0.15) is 8.78 Å². The number of hydrogen-bond acceptors (Lipinski definition) is 6. The normalized spacial score (nSPS) is 11.2. The molecule has 2 aromatic heterocycles. The van der Waals surface area contributed by atoms with Crippen molar-refractivity contribution in [3.05, 3.63) is 53.4 Å². The van der Waals surface area contributed by atoms with E-state index in [4.69, 9.17) is 0 Å². The van der Waals surface area contributed by atoms with Gasteiger partial charge in [-0.05, 0) is 43.3 Å². The van der Waals surface area contributed by atoms with Crippen LogP contribution in [0, 0.1) is 6.92 Å². The van der Waals surface area contributed by atoms with Crippen LogP contribution in [0.2, 0.25) is 0 Å². The van der Waals surface area contributed by atoms with Crippen molar-refractivity contribution < 1.29 is 18.3 Å². The standard InChI is InChI=1S/C19H15F2N5O2S/c1-11-17(12-6-8-13(9-7-12)28-18(20)21)23-19(29-11)22-16(27)10-26-15-5-3-2-4-14(15)24-25-26/h2-9,18H,10H2,1H3,(H,22,23,27). The van der Waals surface area contributed by atoms with Crippen LogP contribution in [-0.2, 0) is 11.3 Å². The molecule has 0 spiro atoms. The molecule has 2 aromatic carbocycles. The third-order valence-corrected chi connectivity index (χ3v) is 5.00. The van der Waals surface area contributed by atoms with E-state index in [0.717, 1.165) is 16.0 Å². The number of alkyl halides is 2. The van der Waals surface area contributed by atoms with E-state index in [0.29, 0.717) is 16.3 Å². The monoisotopic (exact) mass is 415 g/mol. The number of carbonyl (C=O) groups is 1. The number of nitrogens with one attached hydrogen (secondary N) is 1. The van der Waals surface area contributed by atoms with Crippen molar-refractivity contribution in [1.82, 2.24) is 20.0 Å². The third kappa shape index (κ3) is 4.21. The third-order valence-electron chi connectivity index (χ3n) is 4.11. The highest BCUT2D eigenvalue weighted by Gasteiger charge is 2.14. The number of ether oxygens (including phenoxy) is 1. The second kappa shape index (κ2) is 7.92. The minimum absolute atomic E-state index is 0.00807. The first-order valence-corrected chi connectivity index (χ1v) is 9.42. The van der Waals surface area contributed by atoms with Crippen molar-refractivity contribution in [3.63, 3.8) is 0 Å². The maximum atomic E-state index is 12.4. The Morgan fingerprint density at radius 1 is 1.21 bits per heavy atom. The number of rotatable bonds is 6. The molecule has 4 rings (SSSR count). The molecule has 0 radical (unpaired) electrons. The number of anilines is 1. The number of thiazole rings is 1. The maximum Gasteiger partial charge on any atom is 0.387 e. The zero-order valence-corrected chi connectivity index (χ0v) is 16.0. The van der Waals surface area contributed by atoms with Crippen molar-refractivity contribution in [2.45, 2.75) is 20.1 Å². The van der Waals surface area contributed by atoms with Gasteiger partial charge in [0.25, 0.3) is 0 Å². The fourth-order valence-corrected chi connectivity index (χ4v) is 3.69. The van der Waals surface area contributed by atoms with Gasteiger partial charge in [-0.15, -0.1) is 16.4 Å². The molecule has 0 saturated heterocycles. The summed E-state index contributed by atoms with van der Waals surface area (Å²) in [5.41, 5.74) is 2.89. The van der Waals surface area contributed by atoms with Gasteiger partial charge < -0.3 is 10.1 Å². The summed E-state index contributed by atoms with van der Waals surface area (Å²) in [6.07, 6.45) is 0. The fourth-order valence-electron chi connectivity index (χ4n) is 2.84. The largest absolute Gasteiger partial charge is 0.435 e. The zero-order valence-electron chi connectivity index (χ0n) is 15.2. The molecule has 2 heterocycles. The summed E-state index contributed by atoms with van der Waals surface area (Å²) >= 11 is 1.33. The quantitative estimate of drug-likeness (QED) is 0.513. The molecule has 0 unspecified atom stereocenters. The second-order valence-electron chi connectivity index (χ2n) is 6.11. The first-order valence-electron chi connectivity index (χ1n) is 8.60. The molecule has 0 bridgehead atoms. The van der Waals surface area contributed by atoms with Crippen LogP contribution in [0.4, 0.5) is 13.9 Å². The number of hydrogen-bond donors (Lipinski definition) is 1. The van der Waals surface area contributed by atoms with Crippen molar-refractivity contribution in [2.75, 3.05) is 5.32 Å². The summed E-state index contributed by atoms with van der Waals surface area (Å²) in [6.45, 7) is -0.989. The van der Waals surface area contributed by atoms with E-state index in [1.807, 2.05) is 31.2 Å². The first kappa shape index (κ1) is 18.9. The minimum Gasteiger partial charge on any atom is -0.435 e. The van der Waals surface area contributed by atoms with Gasteiger partial charge in [0.15, 0.2) is 5.13 Å². The van der Waals surface area contributed by atoms with Crippen LogP contribution in [0.3, 0.4) is 0 Å². The lowest BCUT2D eigenvalue weighted by Crippen LogP contribution is -2.19. The van der Waals surface area contributed by atoms with E-state index in [9.17, 15) is 13.6 Å². The molecule has 4 aromatic rings. The van der Waals surface area contributed by atoms with Gasteiger partial charge in [0.2, 0.25) is 5.91 Å². The molecule has 0 saturated carbocycles. The highest BCUT2D eigenvalue weighted by atomic mass is 32.1. The summed E-state index contributed by atoms with van der Waals surface area (Å²) < 4.78 is 30.4. The molecule has 10 heteroatoms. The number of carbonyl (C=O) groups excluding carboxylic acids is 1. The van der Waals surface area contributed by atoms with Crippen molar-refractivity contribution in [2.24, 2.45) is 0 Å². The number of amides is 1. The van der Waals surface area contributed by atoms with Gasteiger partial charge in [-0.3, -0.25) is 4.79 Å². The number of para-hydroxylation sites is 1. The molecule has 0 fully saturated rings. The number of nitrogens with zero attached hydrogens (tertiary/aromatic N) is 4. The predicted octanol–water partition coefficient (Wildman–Crippen LogP) is 4.10. The van der Waals surface area contributed by atoms with E-state index >= 15 is 0 Å². The molecule has 148 valence electrons. The highest BCUT2D eigenvalue weighted by Crippen LogP contribution is 2.31. The number of halogens is 2. The number of fused-ring (bicyclic) bond motifs is 1. The summed E-state index contributed by atoms with van der Waals surface area (Å²) in [5.74, 6) is -0.202. The highest BCUT2D eigenvalue weighted by molar-refractivity contribution is 7.16. The maximum absolute atomic E-state index is 12.4. The van der Waals surface area contributed by atoms with Gasteiger partial charge in [0, 0.05) is 10.4 Å². The number of aromatic nitrogens is 4. The van der Waals surface area contributed by atoms with E-state index in [1.165, 1.54) is 28.2 Å². The van der Waals surface area contributed by atoms with Crippen molar-refractivity contribution in [3.8, 4) is 17.0 Å². The molecule has 0 aliphatic carbocycles. The molecular weight excluding hydrogens is 400 g/mol. The molecule has 0 atom stereocenters. The number of aryl methyl sites for hydroxylation is 1. The van der Waals surface area contributed by atoms with Crippen molar-refractivity contribution >= 4 is 33.4 Å². The van der Waals surface area contributed by atoms with Gasteiger partial charge in [0.05, 0.1) is 11.2 Å². The Bertz CT molecular complexity index is 1160. The van der Waals surface area contributed by atoms with Crippen LogP contribution >= 0.6 is 11.3 Å². The molecule has 29 heavy (non-hydrogen) atoms. The Kier molecular flexibility index (Phi) is 5.17. The van der Waals surface area contributed by atoms with Gasteiger partial charge in [-0.25, -0.2) is 9.67 Å². The van der Waals surface area contributed by atoms with Gasteiger partial charge in [0.1, 0.15) is 17.8 Å². The van der Waals surface area contributed by atoms with Crippen LogP contribution in [0.25, 0.3) is 22.3 Å². The van der Waals surface area contributed by atoms with Crippen LogP contribution in [0.5, 0.6) is 5.75 Å². The van der Waals surface area contributed by atoms with E-state index in [2.05, 4.69) is 25.3 Å². The van der Waals surface area contributed by atoms with Crippen LogP contribution in [0.15, 0.2) is 48.5 Å². The lowest BCUT2D eigenvalue weighted by Gasteiger charge is -2.05. The van der Waals surface area contributed by atoms with E-state index in [-0.39, 0.29) is 18.2 Å². The Morgan fingerprint density at radius 2 is 1.97 bits per heavy atom. The van der Waals surface area contributed by atoms with Crippen LogP contribution in [0.1, 0.15) is 4.88 Å². The topological polar surface area (TPSA) is 81.9 Å². The smallest absolute Gasteiger partial charge is 0.387 e. The second-order valence-corrected chi connectivity index (χ2v) is 7.31. The SMILES string of the molecule is Cc1sc(NC(=O)Cn2nnc3ccccc32)nc1-c1ccc(OC(F)F)cc1. The first-order chi connectivity index (χ1) is 14.0. The van der Waals surface area contributed by atoms with Crippen molar-refractivity contribution in [1.29, 1.82) is 0 Å². The van der Waals surface area contributed by atoms with E-state index < -0.39 is 6.61 Å².